The smallest absolute Gasteiger partial charge is 0.163 e. The molecule has 1 aromatic heterocycles. The van der Waals surface area contributed by atoms with E-state index in [-0.39, 0.29) is 5.82 Å². The zero-order valence-electron chi connectivity index (χ0n) is 16.3. The Hall–Kier alpha value is -2.99. The summed E-state index contributed by atoms with van der Waals surface area (Å²) in [5.41, 5.74) is 1.54. The summed E-state index contributed by atoms with van der Waals surface area (Å²) in [7, 11) is 4.12. The van der Waals surface area contributed by atoms with E-state index in [1.807, 2.05) is 42.5 Å². The van der Waals surface area contributed by atoms with Gasteiger partial charge < -0.3 is 15.5 Å². The van der Waals surface area contributed by atoms with Crippen molar-refractivity contribution in [1.29, 1.82) is 0 Å². The topological polar surface area (TPSA) is 53.1 Å². The van der Waals surface area contributed by atoms with E-state index < -0.39 is 0 Å². The Morgan fingerprint density at radius 3 is 2.29 bits per heavy atom. The third-order valence-corrected chi connectivity index (χ3v) is 4.26. The van der Waals surface area contributed by atoms with Gasteiger partial charge in [0.25, 0.3) is 0 Å². The molecule has 146 valence electrons. The minimum Gasteiger partial charge on any atom is -0.370 e. The van der Waals surface area contributed by atoms with Crippen LogP contribution in [0, 0.1) is 5.82 Å². The van der Waals surface area contributed by atoms with E-state index >= 15 is 0 Å². The van der Waals surface area contributed by atoms with Crippen LogP contribution in [0.4, 0.5) is 16.0 Å². The highest BCUT2D eigenvalue weighted by Crippen LogP contribution is 2.21. The first-order valence-corrected chi connectivity index (χ1v) is 9.42. The Balaban J connectivity index is 1.77. The summed E-state index contributed by atoms with van der Waals surface area (Å²) in [5, 5.41) is 6.59. The summed E-state index contributed by atoms with van der Waals surface area (Å²) in [6.45, 7) is 2.18. The number of rotatable bonds is 9. The number of aromatic nitrogens is 2. The summed E-state index contributed by atoms with van der Waals surface area (Å²) in [4.78, 5) is 11.4. The molecule has 6 heteroatoms. The summed E-state index contributed by atoms with van der Waals surface area (Å²) < 4.78 is 13.9. The van der Waals surface area contributed by atoms with Crippen molar-refractivity contribution >= 4 is 11.6 Å². The second-order valence-electron chi connectivity index (χ2n) is 6.86. The van der Waals surface area contributed by atoms with Crippen molar-refractivity contribution in [3.63, 3.8) is 0 Å². The molecule has 0 atom stereocenters. The van der Waals surface area contributed by atoms with Gasteiger partial charge in [-0.05, 0) is 33.1 Å². The van der Waals surface area contributed by atoms with Crippen molar-refractivity contribution < 1.29 is 4.39 Å². The minimum atomic E-state index is -0.227. The van der Waals surface area contributed by atoms with Gasteiger partial charge in [-0.1, -0.05) is 48.5 Å². The van der Waals surface area contributed by atoms with Gasteiger partial charge in [0.1, 0.15) is 17.5 Å². The quantitative estimate of drug-likeness (QED) is 0.544. The fourth-order valence-electron chi connectivity index (χ4n) is 2.78. The van der Waals surface area contributed by atoms with E-state index in [9.17, 15) is 4.39 Å². The normalized spacial score (nSPS) is 10.9. The zero-order chi connectivity index (χ0) is 19.8. The molecule has 0 saturated carbocycles. The number of benzene rings is 2. The summed E-state index contributed by atoms with van der Waals surface area (Å²) in [5.74, 6) is 1.82. The van der Waals surface area contributed by atoms with Crippen molar-refractivity contribution in [2.45, 2.75) is 13.0 Å². The van der Waals surface area contributed by atoms with Crippen molar-refractivity contribution in [3.05, 3.63) is 72.0 Å². The van der Waals surface area contributed by atoms with E-state index in [2.05, 4.69) is 39.6 Å². The molecule has 0 amide bonds. The van der Waals surface area contributed by atoms with E-state index in [0.29, 0.717) is 23.8 Å². The minimum absolute atomic E-state index is 0.227. The zero-order valence-corrected chi connectivity index (χ0v) is 16.3. The first-order chi connectivity index (χ1) is 13.6. The molecule has 0 fully saturated rings. The van der Waals surface area contributed by atoms with Gasteiger partial charge >= 0.3 is 0 Å². The summed E-state index contributed by atoms with van der Waals surface area (Å²) in [6, 6.07) is 18.4. The fraction of sp³-hybridized carbons (Fsp3) is 0.273. The van der Waals surface area contributed by atoms with Crippen LogP contribution in [0.2, 0.25) is 0 Å². The predicted octanol–water partition coefficient (Wildman–Crippen LogP) is 4.26. The number of hydrogen-bond donors (Lipinski definition) is 2. The van der Waals surface area contributed by atoms with E-state index in [0.717, 1.165) is 30.9 Å². The van der Waals surface area contributed by atoms with Gasteiger partial charge in [-0.25, -0.2) is 14.4 Å². The largest absolute Gasteiger partial charge is 0.370 e. The van der Waals surface area contributed by atoms with E-state index in [4.69, 9.17) is 0 Å². The maximum Gasteiger partial charge on any atom is 0.163 e. The van der Waals surface area contributed by atoms with Gasteiger partial charge in [-0.3, -0.25) is 0 Å². The number of halogens is 1. The lowest BCUT2D eigenvalue weighted by Gasteiger charge is -2.13. The second kappa shape index (κ2) is 9.80. The molecule has 0 radical (unpaired) electrons. The highest BCUT2D eigenvalue weighted by atomic mass is 19.1. The van der Waals surface area contributed by atoms with Crippen molar-refractivity contribution in [3.8, 4) is 11.4 Å². The number of nitrogens with zero attached hydrogens (tertiary/aromatic N) is 3. The molecular weight excluding hydrogens is 353 g/mol. The van der Waals surface area contributed by atoms with Gasteiger partial charge in [0, 0.05) is 30.3 Å². The van der Waals surface area contributed by atoms with E-state index in [1.165, 1.54) is 6.07 Å². The molecule has 3 aromatic rings. The Bertz CT molecular complexity index is 883. The van der Waals surface area contributed by atoms with Crippen LogP contribution in [-0.2, 0) is 6.54 Å². The van der Waals surface area contributed by atoms with E-state index in [1.54, 1.807) is 12.1 Å². The molecular formula is C22H26FN5. The maximum atomic E-state index is 13.9. The third kappa shape index (κ3) is 5.76. The highest BCUT2D eigenvalue weighted by molar-refractivity contribution is 5.61. The molecule has 0 spiro atoms. The second-order valence-corrected chi connectivity index (χ2v) is 6.86. The van der Waals surface area contributed by atoms with Gasteiger partial charge in [0.15, 0.2) is 5.82 Å². The summed E-state index contributed by atoms with van der Waals surface area (Å²) >= 11 is 0. The SMILES string of the molecule is CN(C)CCCNc1cc(NCc2ccccc2F)nc(-c2ccccc2)n1. The lowest BCUT2D eigenvalue weighted by molar-refractivity contribution is 0.405. The Morgan fingerprint density at radius 1 is 0.893 bits per heavy atom. The molecule has 28 heavy (non-hydrogen) atoms. The number of anilines is 2. The molecule has 0 aliphatic heterocycles. The van der Waals surface area contributed by atoms with Crippen LogP contribution in [0.3, 0.4) is 0 Å². The molecule has 1 heterocycles. The van der Waals surface area contributed by atoms with Gasteiger partial charge in [0.2, 0.25) is 0 Å². The van der Waals surface area contributed by atoms with Gasteiger partial charge in [-0.15, -0.1) is 0 Å². The first-order valence-electron chi connectivity index (χ1n) is 9.42. The fourth-order valence-corrected chi connectivity index (χ4v) is 2.78. The van der Waals surface area contributed by atoms with Crippen molar-refractivity contribution in [1.82, 2.24) is 14.9 Å². The first kappa shape index (κ1) is 19.8. The molecule has 2 N–H and O–H groups in total. The van der Waals surface area contributed by atoms with Gasteiger partial charge in [0.05, 0.1) is 0 Å². The van der Waals surface area contributed by atoms with Crippen LogP contribution >= 0.6 is 0 Å². The lowest BCUT2D eigenvalue weighted by Crippen LogP contribution is -2.17. The van der Waals surface area contributed by atoms with Crippen LogP contribution in [-0.4, -0.2) is 42.1 Å². The molecule has 5 nitrogen and oxygen atoms in total. The highest BCUT2D eigenvalue weighted by Gasteiger charge is 2.08. The molecule has 3 rings (SSSR count). The Kier molecular flexibility index (Phi) is 6.92. The summed E-state index contributed by atoms with van der Waals surface area (Å²) in [6.07, 6.45) is 1.01. The molecule has 0 saturated heterocycles. The average Bonchev–Trinajstić information content (AvgIpc) is 2.71. The van der Waals surface area contributed by atoms with Crippen molar-refractivity contribution in [2.75, 3.05) is 37.8 Å². The number of hydrogen-bond acceptors (Lipinski definition) is 5. The molecule has 0 bridgehead atoms. The third-order valence-electron chi connectivity index (χ3n) is 4.26. The van der Waals surface area contributed by atoms with Crippen LogP contribution in [0.15, 0.2) is 60.7 Å². The lowest BCUT2D eigenvalue weighted by atomic mass is 10.2. The molecule has 0 aliphatic carbocycles. The van der Waals surface area contributed by atoms with Crippen LogP contribution in [0.5, 0.6) is 0 Å². The number of nitrogens with one attached hydrogen (secondary N) is 2. The van der Waals surface area contributed by atoms with Crippen LogP contribution in [0.25, 0.3) is 11.4 Å². The molecule has 0 aliphatic rings. The molecule has 0 unspecified atom stereocenters. The maximum absolute atomic E-state index is 13.9. The van der Waals surface area contributed by atoms with Crippen LogP contribution in [0.1, 0.15) is 12.0 Å². The Morgan fingerprint density at radius 2 is 1.57 bits per heavy atom. The van der Waals surface area contributed by atoms with Crippen LogP contribution < -0.4 is 10.6 Å². The van der Waals surface area contributed by atoms with Gasteiger partial charge in [-0.2, -0.15) is 0 Å². The monoisotopic (exact) mass is 379 g/mol. The standard InChI is InChI=1S/C22H26FN5/c1-28(2)14-8-13-24-20-15-21(25-16-18-11-6-7-12-19(18)23)27-22(26-20)17-9-4-3-5-10-17/h3-7,9-12,15H,8,13-14,16H2,1-2H3,(H2,24,25,26,27). The predicted molar refractivity (Wildman–Crippen MR) is 113 cm³/mol. The molecule has 2 aromatic carbocycles. The van der Waals surface area contributed by atoms with Crippen molar-refractivity contribution in [2.24, 2.45) is 0 Å². The Labute approximate surface area is 165 Å². The average molecular weight is 379 g/mol.